The number of likely N-dealkylation sites (N-methyl/N-ethyl adjacent to an activating group) is 1. The molecule has 0 unspecified atom stereocenters. The Morgan fingerprint density at radius 3 is 2.60 bits per heavy atom. The second-order valence-corrected chi connectivity index (χ2v) is 4.24. The molecule has 0 aliphatic carbocycles. The van der Waals surface area contributed by atoms with Gasteiger partial charge in [-0.25, -0.2) is 9.37 Å². The molecule has 1 heterocycles. The van der Waals surface area contributed by atoms with Gasteiger partial charge in [0.15, 0.2) is 0 Å². The smallest absolute Gasteiger partial charge is 0.128 e. The van der Waals surface area contributed by atoms with Crippen molar-refractivity contribution in [2.24, 2.45) is 0 Å². The van der Waals surface area contributed by atoms with E-state index in [1.54, 1.807) is 24.3 Å². The lowest BCUT2D eigenvalue weighted by atomic mass is 10.3. The summed E-state index contributed by atoms with van der Waals surface area (Å²) < 4.78 is 18.2. The van der Waals surface area contributed by atoms with Crippen LogP contribution in [0.5, 0.6) is 5.75 Å². The van der Waals surface area contributed by atoms with Gasteiger partial charge in [0.25, 0.3) is 0 Å². The minimum absolute atomic E-state index is 0.281. The molecule has 0 fully saturated rings. The van der Waals surface area contributed by atoms with Crippen LogP contribution in [-0.2, 0) is 0 Å². The van der Waals surface area contributed by atoms with Gasteiger partial charge in [-0.3, -0.25) is 0 Å². The van der Waals surface area contributed by atoms with Gasteiger partial charge in [-0.2, -0.15) is 5.26 Å². The van der Waals surface area contributed by atoms with E-state index in [1.165, 1.54) is 18.3 Å². The van der Waals surface area contributed by atoms with Crippen LogP contribution in [0, 0.1) is 17.1 Å². The summed E-state index contributed by atoms with van der Waals surface area (Å²) in [6, 6.07) is 11.4. The third-order valence-electron chi connectivity index (χ3n) is 2.78. The molecule has 5 heteroatoms. The number of aromatic nitrogens is 1. The minimum atomic E-state index is -0.281. The zero-order valence-electron chi connectivity index (χ0n) is 11.1. The Morgan fingerprint density at radius 1 is 1.25 bits per heavy atom. The molecular weight excluding hydrogens is 257 g/mol. The molecule has 0 atom stereocenters. The van der Waals surface area contributed by atoms with E-state index in [0.29, 0.717) is 24.5 Å². The highest BCUT2D eigenvalue weighted by molar-refractivity contribution is 5.41. The van der Waals surface area contributed by atoms with Crippen molar-refractivity contribution in [2.75, 3.05) is 25.1 Å². The predicted molar refractivity (Wildman–Crippen MR) is 74.1 cm³/mol. The van der Waals surface area contributed by atoms with Gasteiger partial charge in [-0.15, -0.1) is 0 Å². The first kappa shape index (κ1) is 13.8. The number of pyridine rings is 1. The van der Waals surface area contributed by atoms with Gasteiger partial charge in [0, 0.05) is 13.2 Å². The zero-order valence-corrected chi connectivity index (χ0v) is 11.1. The highest BCUT2D eigenvalue weighted by Crippen LogP contribution is 2.12. The van der Waals surface area contributed by atoms with Gasteiger partial charge < -0.3 is 9.64 Å². The lowest BCUT2D eigenvalue weighted by Gasteiger charge is -2.18. The van der Waals surface area contributed by atoms with Crippen LogP contribution in [0.4, 0.5) is 10.2 Å². The summed E-state index contributed by atoms with van der Waals surface area (Å²) in [5, 5.41) is 8.70. The first-order valence-electron chi connectivity index (χ1n) is 6.14. The number of halogens is 1. The van der Waals surface area contributed by atoms with E-state index >= 15 is 0 Å². The molecular formula is C15H14FN3O. The van der Waals surface area contributed by atoms with Gasteiger partial charge in [0.05, 0.1) is 12.1 Å². The van der Waals surface area contributed by atoms with E-state index in [9.17, 15) is 4.39 Å². The monoisotopic (exact) mass is 271 g/mol. The Morgan fingerprint density at radius 2 is 2.00 bits per heavy atom. The van der Waals surface area contributed by atoms with Crippen molar-refractivity contribution in [3.8, 4) is 11.8 Å². The average Bonchev–Trinajstić information content (AvgIpc) is 2.49. The standard InChI is InChI=1S/C15H14FN3O/c1-19(15-7-2-12(10-17)11-18-15)8-9-20-14-5-3-13(16)4-6-14/h2-7,11H,8-9H2,1H3. The zero-order chi connectivity index (χ0) is 14.4. The van der Waals surface area contributed by atoms with E-state index in [-0.39, 0.29) is 5.82 Å². The number of hydrogen-bond donors (Lipinski definition) is 0. The summed E-state index contributed by atoms with van der Waals surface area (Å²) in [7, 11) is 1.89. The summed E-state index contributed by atoms with van der Waals surface area (Å²) >= 11 is 0. The first-order valence-corrected chi connectivity index (χ1v) is 6.14. The normalized spacial score (nSPS) is 9.85. The fraction of sp³-hybridized carbons (Fsp3) is 0.200. The van der Waals surface area contributed by atoms with Crippen LogP contribution in [0.1, 0.15) is 5.56 Å². The third-order valence-corrected chi connectivity index (χ3v) is 2.78. The number of rotatable bonds is 5. The van der Waals surface area contributed by atoms with Gasteiger partial charge in [0.1, 0.15) is 30.1 Å². The van der Waals surface area contributed by atoms with Gasteiger partial charge in [-0.05, 0) is 36.4 Å². The molecule has 1 aromatic carbocycles. The Balaban J connectivity index is 1.84. The number of nitriles is 1. The third kappa shape index (κ3) is 3.69. The van der Waals surface area contributed by atoms with Crippen LogP contribution in [0.25, 0.3) is 0 Å². The maximum atomic E-state index is 12.7. The van der Waals surface area contributed by atoms with E-state index in [1.807, 2.05) is 18.0 Å². The number of benzene rings is 1. The van der Waals surface area contributed by atoms with Crippen molar-refractivity contribution in [2.45, 2.75) is 0 Å². The summed E-state index contributed by atoms with van der Waals surface area (Å²) in [6.07, 6.45) is 1.53. The molecule has 0 aliphatic rings. The van der Waals surface area contributed by atoms with Crippen LogP contribution in [0.2, 0.25) is 0 Å². The van der Waals surface area contributed by atoms with Gasteiger partial charge >= 0.3 is 0 Å². The molecule has 4 nitrogen and oxygen atoms in total. The van der Waals surface area contributed by atoms with Gasteiger partial charge in [-0.1, -0.05) is 0 Å². The molecule has 0 saturated heterocycles. The molecule has 0 aliphatic heterocycles. The molecule has 102 valence electrons. The Hall–Kier alpha value is -2.61. The lowest BCUT2D eigenvalue weighted by Crippen LogP contribution is -2.24. The molecule has 1 aromatic heterocycles. The molecule has 2 aromatic rings. The Bertz CT molecular complexity index is 590. The Kier molecular flexibility index (Phi) is 4.51. The molecule has 0 spiro atoms. The van der Waals surface area contributed by atoms with Crippen molar-refractivity contribution in [3.63, 3.8) is 0 Å². The highest BCUT2D eigenvalue weighted by Gasteiger charge is 2.03. The van der Waals surface area contributed by atoms with Gasteiger partial charge in [0.2, 0.25) is 0 Å². The summed E-state index contributed by atoms with van der Waals surface area (Å²) in [5.74, 6) is 1.12. The van der Waals surface area contributed by atoms with Crippen molar-refractivity contribution >= 4 is 5.82 Å². The molecule has 0 amide bonds. The Labute approximate surface area is 117 Å². The van der Waals surface area contributed by atoms with Crippen molar-refractivity contribution < 1.29 is 9.13 Å². The highest BCUT2D eigenvalue weighted by atomic mass is 19.1. The number of hydrogen-bond acceptors (Lipinski definition) is 4. The van der Waals surface area contributed by atoms with Crippen molar-refractivity contribution in [1.82, 2.24) is 4.98 Å². The summed E-state index contributed by atoms with van der Waals surface area (Å²) in [6.45, 7) is 1.10. The number of ether oxygens (including phenoxy) is 1. The lowest BCUT2D eigenvalue weighted by molar-refractivity contribution is 0.325. The van der Waals surface area contributed by atoms with E-state index in [0.717, 1.165) is 5.82 Å². The SMILES string of the molecule is CN(CCOc1ccc(F)cc1)c1ccc(C#N)cn1. The second-order valence-electron chi connectivity index (χ2n) is 4.24. The average molecular weight is 271 g/mol. The molecule has 0 N–H and O–H groups in total. The van der Waals surface area contributed by atoms with E-state index < -0.39 is 0 Å². The maximum Gasteiger partial charge on any atom is 0.128 e. The molecule has 0 radical (unpaired) electrons. The molecule has 0 bridgehead atoms. The fourth-order valence-electron chi connectivity index (χ4n) is 1.62. The van der Waals surface area contributed by atoms with E-state index in [4.69, 9.17) is 10.00 Å². The minimum Gasteiger partial charge on any atom is -0.492 e. The summed E-state index contributed by atoms with van der Waals surface area (Å²) in [4.78, 5) is 6.11. The quantitative estimate of drug-likeness (QED) is 0.838. The van der Waals surface area contributed by atoms with Crippen LogP contribution in [-0.4, -0.2) is 25.2 Å². The van der Waals surface area contributed by atoms with Crippen LogP contribution < -0.4 is 9.64 Å². The molecule has 2 rings (SSSR count). The second kappa shape index (κ2) is 6.53. The fourth-order valence-corrected chi connectivity index (χ4v) is 1.62. The van der Waals surface area contributed by atoms with Crippen LogP contribution >= 0.6 is 0 Å². The van der Waals surface area contributed by atoms with E-state index in [2.05, 4.69) is 4.98 Å². The molecule has 0 saturated carbocycles. The predicted octanol–water partition coefficient (Wildman–Crippen LogP) is 2.61. The number of anilines is 1. The van der Waals surface area contributed by atoms with Crippen molar-refractivity contribution in [1.29, 1.82) is 5.26 Å². The maximum absolute atomic E-state index is 12.7. The van der Waals surface area contributed by atoms with Crippen LogP contribution in [0.15, 0.2) is 42.6 Å². The van der Waals surface area contributed by atoms with Crippen LogP contribution in [0.3, 0.4) is 0 Å². The molecule has 20 heavy (non-hydrogen) atoms. The summed E-state index contributed by atoms with van der Waals surface area (Å²) in [5.41, 5.74) is 0.532. The largest absolute Gasteiger partial charge is 0.492 e. The van der Waals surface area contributed by atoms with Crippen molar-refractivity contribution in [3.05, 3.63) is 54.0 Å². The number of nitrogens with zero attached hydrogens (tertiary/aromatic N) is 3. The topological polar surface area (TPSA) is 49.1 Å². The first-order chi connectivity index (χ1) is 9.69.